The number of hydrogen-bond acceptors (Lipinski definition) is 8. The summed E-state index contributed by atoms with van der Waals surface area (Å²) in [6.07, 6.45) is 52.1. The molecule has 10 heteroatoms. The third-order valence-electron chi connectivity index (χ3n) is 9.71. The number of hydrogen-bond donors (Lipinski definition) is 0. The van der Waals surface area contributed by atoms with Gasteiger partial charge in [0.1, 0.15) is 19.8 Å². The van der Waals surface area contributed by atoms with Crippen LogP contribution in [0.1, 0.15) is 181 Å². The lowest BCUT2D eigenvalue weighted by atomic mass is 10.1. The van der Waals surface area contributed by atoms with Gasteiger partial charge in [0.15, 0.2) is 6.10 Å². The summed E-state index contributed by atoms with van der Waals surface area (Å²) in [5.74, 6) is -0.878. The summed E-state index contributed by atoms with van der Waals surface area (Å²) in [4.78, 5) is 37.6. The fourth-order valence-electron chi connectivity index (χ4n) is 6.03. The molecule has 0 aliphatic carbocycles. The predicted molar refractivity (Wildman–Crippen MR) is 249 cm³/mol. The molecule has 60 heavy (non-hydrogen) atoms. The van der Waals surface area contributed by atoms with E-state index in [4.69, 9.17) is 18.5 Å². The largest absolute Gasteiger partial charge is 0.756 e. The fraction of sp³-hybridized carbons (Fsp3) is 0.720. The molecule has 0 aliphatic heterocycles. The Morgan fingerprint density at radius 3 is 1.45 bits per heavy atom. The quantitative estimate of drug-likeness (QED) is 0.0196. The van der Waals surface area contributed by atoms with Gasteiger partial charge in [-0.05, 0) is 83.5 Å². The van der Waals surface area contributed by atoms with Crippen LogP contribution in [0.25, 0.3) is 0 Å². The van der Waals surface area contributed by atoms with Gasteiger partial charge in [0.25, 0.3) is 7.82 Å². The second-order valence-corrected chi connectivity index (χ2v) is 18.1. The molecule has 0 rings (SSSR count). The molecule has 0 amide bonds. The molecule has 2 atom stereocenters. The van der Waals surface area contributed by atoms with Gasteiger partial charge in [-0.2, -0.15) is 0 Å². The minimum absolute atomic E-state index is 0.0412. The molecule has 0 fully saturated rings. The number of quaternary nitrogens is 1. The maximum Gasteiger partial charge on any atom is 0.306 e. The first kappa shape index (κ1) is 57.4. The van der Waals surface area contributed by atoms with Crippen molar-refractivity contribution in [1.82, 2.24) is 0 Å². The molecular formula is C50H88NO8P. The molecule has 0 N–H and O–H groups in total. The lowest BCUT2D eigenvalue weighted by Gasteiger charge is -2.28. The van der Waals surface area contributed by atoms with E-state index in [0.717, 1.165) is 77.0 Å². The lowest BCUT2D eigenvalue weighted by Crippen LogP contribution is -2.37. The number of likely N-dealkylation sites (N-methyl/N-ethyl adjacent to an activating group) is 1. The van der Waals surface area contributed by atoms with E-state index in [0.29, 0.717) is 17.4 Å². The van der Waals surface area contributed by atoms with E-state index < -0.39 is 32.5 Å². The van der Waals surface area contributed by atoms with Gasteiger partial charge in [-0.25, -0.2) is 0 Å². The van der Waals surface area contributed by atoms with Crippen molar-refractivity contribution in [3.8, 4) is 0 Å². The molecule has 0 aromatic carbocycles. The van der Waals surface area contributed by atoms with Crippen LogP contribution in [0.3, 0.4) is 0 Å². The number of unbranched alkanes of at least 4 members (excludes halogenated alkanes) is 16. The topological polar surface area (TPSA) is 111 Å². The van der Waals surface area contributed by atoms with Crippen molar-refractivity contribution in [1.29, 1.82) is 0 Å². The second-order valence-electron chi connectivity index (χ2n) is 16.7. The molecule has 0 spiro atoms. The van der Waals surface area contributed by atoms with Gasteiger partial charge in [0.2, 0.25) is 0 Å². The molecule has 0 aromatic rings. The molecule has 0 aliphatic rings. The minimum Gasteiger partial charge on any atom is -0.756 e. The zero-order valence-electron chi connectivity index (χ0n) is 38.9. The van der Waals surface area contributed by atoms with Crippen LogP contribution in [0, 0.1) is 0 Å². The monoisotopic (exact) mass is 862 g/mol. The van der Waals surface area contributed by atoms with Crippen molar-refractivity contribution < 1.29 is 42.1 Å². The van der Waals surface area contributed by atoms with Gasteiger partial charge in [-0.15, -0.1) is 0 Å². The van der Waals surface area contributed by atoms with Crippen molar-refractivity contribution >= 4 is 19.8 Å². The summed E-state index contributed by atoms with van der Waals surface area (Å²) >= 11 is 0. The van der Waals surface area contributed by atoms with Gasteiger partial charge in [0, 0.05) is 12.8 Å². The van der Waals surface area contributed by atoms with E-state index in [-0.39, 0.29) is 26.1 Å². The fourth-order valence-corrected chi connectivity index (χ4v) is 6.76. The molecular weight excluding hydrogens is 774 g/mol. The van der Waals surface area contributed by atoms with Crippen LogP contribution in [0.4, 0.5) is 0 Å². The van der Waals surface area contributed by atoms with E-state index >= 15 is 0 Å². The molecule has 0 saturated heterocycles. The number of phosphoric ester groups is 1. The van der Waals surface area contributed by atoms with Crippen LogP contribution in [-0.4, -0.2) is 70.0 Å². The summed E-state index contributed by atoms with van der Waals surface area (Å²) in [5.41, 5.74) is 0. The molecule has 9 nitrogen and oxygen atoms in total. The van der Waals surface area contributed by atoms with Crippen LogP contribution in [0.2, 0.25) is 0 Å². The van der Waals surface area contributed by atoms with E-state index in [9.17, 15) is 19.0 Å². The minimum atomic E-state index is -4.64. The first-order valence-corrected chi connectivity index (χ1v) is 25.1. The van der Waals surface area contributed by atoms with E-state index in [1.54, 1.807) is 0 Å². The average Bonchev–Trinajstić information content (AvgIpc) is 3.20. The van der Waals surface area contributed by atoms with E-state index in [1.165, 1.54) is 70.6 Å². The van der Waals surface area contributed by atoms with Crippen LogP contribution in [0.15, 0.2) is 72.9 Å². The Morgan fingerprint density at radius 1 is 0.533 bits per heavy atom. The zero-order valence-corrected chi connectivity index (χ0v) is 39.8. The van der Waals surface area contributed by atoms with E-state index in [1.807, 2.05) is 21.1 Å². The molecule has 0 bridgehead atoms. The molecule has 0 saturated carbocycles. The average molecular weight is 862 g/mol. The number of esters is 2. The summed E-state index contributed by atoms with van der Waals surface area (Å²) in [5, 5.41) is 0. The Morgan fingerprint density at radius 2 is 0.950 bits per heavy atom. The summed E-state index contributed by atoms with van der Waals surface area (Å²) in [7, 11) is 1.13. The number of ether oxygens (including phenoxy) is 2. The molecule has 0 aromatic heterocycles. The number of allylic oxidation sites excluding steroid dienone is 12. The van der Waals surface area contributed by atoms with Gasteiger partial charge >= 0.3 is 11.9 Å². The van der Waals surface area contributed by atoms with Crippen molar-refractivity contribution in [2.24, 2.45) is 0 Å². The van der Waals surface area contributed by atoms with Gasteiger partial charge in [-0.3, -0.25) is 14.2 Å². The van der Waals surface area contributed by atoms with Gasteiger partial charge < -0.3 is 27.9 Å². The number of carbonyl (C=O) groups excluding carboxylic acids is 2. The van der Waals surface area contributed by atoms with Crippen LogP contribution < -0.4 is 4.89 Å². The number of rotatable bonds is 42. The van der Waals surface area contributed by atoms with E-state index in [2.05, 4.69) is 86.8 Å². The van der Waals surface area contributed by atoms with Gasteiger partial charge in [0.05, 0.1) is 27.7 Å². The summed E-state index contributed by atoms with van der Waals surface area (Å²) in [6, 6.07) is 0. The molecule has 346 valence electrons. The summed E-state index contributed by atoms with van der Waals surface area (Å²) in [6.45, 7) is 4.06. The Balaban J connectivity index is 4.39. The van der Waals surface area contributed by atoms with Gasteiger partial charge in [-0.1, -0.05) is 157 Å². The highest BCUT2D eigenvalue weighted by atomic mass is 31.2. The highest BCUT2D eigenvalue weighted by Crippen LogP contribution is 2.38. The maximum atomic E-state index is 12.7. The predicted octanol–water partition coefficient (Wildman–Crippen LogP) is 13.2. The summed E-state index contributed by atoms with van der Waals surface area (Å²) < 4.78 is 33.9. The zero-order chi connectivity index (χ0) is 44.3. The number of phosphoric acid groups is 1. The van der Waals surface area contributed by atoms with Crippen LogP contribution in [-0.2, 0) is 32.7 Å². The Bertz CT molecular complexity index is 1250. The Hall–Kier alpha value is -2.55. The number of carbonyl (C=O) groups is 2. The van der Waals surface area contributed by atoms with Crippen molar-refractivity contribution in [3.63, 3.8) is 0 Å². The highest BCUT2D eigenvalue weighted by molar-refractivity contribution is 7.45. The second kappa shape index (κ2) is 41.8. The van der Waals surface area contributed by atoms with Crippen molar-refractivity contribution in [2.75, 3.05) is 47.5 Å². The molecule has 1 unspecified atom stereocenters. The molecule has 0 radical (unpaired) electrons. The standard InChI is InChI=1S/C50H88NO8P/c1-6-8-10-12-14-16-18-20-22-24-25-27-29-31-33-35-37-39-41-43-50(53)59-48(47-58-60(54,55)57-45-44-51(3,4)5)46-56-49(52)42-40-38-36-34-32-30-28-26-23-21-19-17-15-13-11-9-7-2/h8,10,14,16-17,19-20,22,25,27,31,33,48H,6-7,9,11-13,15,18,21,23-24,26,28-30,32,34-47H2,1-5H3/b10-8+,16-14+,19-17+,22-20+,27-25+,33-31+/t48-/m1/s1. The Labute approximate surface area is 368 Å². The number of nitrogens with zero attached hydrogens (tertiary/aromatic N) is 1. The maximum absolute atomic E-state index is 12.7. The molecule has 0 heterocycles. The van der Waals surface area contributed by atoms with Crippen molar-refractivity contribution in [3.05, 3.63) is 72.9 Å². The SMILES string of the molecule is CC/C=C/C/C=C/C/C=C/C/C=C/C/C=C/CCCCCC(=O)O[C@H](COC(=O)CCCCCCCCCCC/C=C/CCCCCC)COP(=O)([O-])OCC[N+](C)(C)C. The van der Waals surface area contributed by atoms with Crippen LogP contribution >= 0.6 is 7.82 Å². The Kier molecular flexibility index (Phi) is 40.0. The first-order valence-electron chi connectivity index (χ1n) is 23.6. The van der Waals surface area contributed by atoms with Crippen LogP contribution in [0.5, 0.6) is 0 Å². The first-order chi connectivity index (χ1) is 29.0. The lowest BCUT2D eigenvalue weighted by molar-refractivity contribution is -0.870. The normalized spacial score (nSPS) is 14.2. The third-order valence-corrected chi connectivity index (χ3v) is 10.7. The smallest absolute Gasteiger partial charge is 0.306 e. The highest BCUT2D eigenvalue weighted by Gasteiger charge is 2.21. The van der Waals surface area contributed by atoms with Crippen molar-refractivity contribution in [2.45, 2.75) is 187 Å². The third kappa shape index (κ3) is 45.0.